The number of anilines is 1. The minimum absolute atomic E-state index is 0.00140. The van der Waals surface area contributed by atoms with Crippen LogP contribution < -0.4 is 5.32 Å². The largest absolute Gasteiger partial charge is 0.490 e. The lowest BCUT2D eigenvalue weighted by atomic mass is 9.99. The number of aliphatic carboxylic acids is 1. The first-order valence-corrected chi connectivity index (χ1v) is 11.8. The van der Waals surface area contributed by atoms with Crippen molar-refractivity contribution in [2.24, 2.45) is 0 Å². The Balaban J connectivity index is 0.000000505. The van der Waals surface area contributed by atoms with Crippen LogP contribution in [0.4, 0.5) is 19.0 Å². The molecule has 2 atom stereocenters. The molecule has 2 fully saturated rings. The maximum absolute atomic E-state index is 13.2. The molecule has 0 radical (unpaired) electrons. The van der Waals surface area contributed by atoms with Crippen molar-refractivity contribution in [2.75, 3.05) is 38.2 Å². The van der Waals surface area contributed by atoms with Crippen LogP contribution in [0.25, 0.3) is 0 Å². The SMILES string of the molecule is Cc1cc(C(=O)N2CCOC[C@]3(CC[C@@H](CNc4ccc(C#N)cn4)O3)C2)cc(C)n1.O=C(O)C(F)(F)F. The Morgan fingerprint density at radius 1 is 1.29 bits per heavy atom. The minimum atomic E-state index is -5.08. The number of alkyl halides is 3. The molecule has 2 N–H and O–H groups in total. The molecule has 2 aromatic rings. The Morgan fingerprint density at radius 2 is 1.97 bits per heavy atom. The summed E-state index contributed by atoms with van der Waals surface area (Å²) < 4.78 is 44.0. The maximum atomic E-state index is 13.2. The summed E-state index contributed by atoms with van der Waals surface area (Å²) in [6.07, 6.45) is -1.83. The number of pyridine rings is 2. The molecule has 4 heterocycles. The van der Waals surface area contributed by atoms with Gasteiger partial charge in [0.1, 0.15) is 17.5 Å². The molecule has 1 amide bonds. The van der Waals surface area contributed by atoms with Gasteiger partial charge in [-0.3, -0.25) is 9.78 Å². The van der Waals surface area contributed by atoms with Crippen LogP contribution in [-0.2, 0) is 14.3 Å². The van der Waals surface area contributed by atoms with Gasteiger partial charge >= 0.3 is 12.1 Å². The Kier molecular flexibility index (Phi) is 9.24. The van der Waals surface area contributed by atoms with Gasteiger partial charge in [0.15, 0.2) is 0 Å². The molecule has 0 saturated carbocycles. The highest BCUT2D eigenvalue weighted by atomic mass is 19.4. The molecule has 0 bridgehead atoms. The minimum Gasteiger partial charge on any atom is -0.475 e. The number of carbonyl (C=O) groups is 2. The highest BCUT2D eigenvalue weighted by Gasteiger charge is 2.44. The van der Waals surface area contributed by atoms with Crippen LogP contribution in [0.2, 0.25) is 0 Å². The van der Waals surface area contributed by atoms with Crippen molar-refractivity contribution in [1.82, 2.24) is 14.9 Å². The van der Waals surface area contributed by atoms with Crippen LogP contribution in [0.5, 0.6) is 0 Å². The Morgan fingerprint density at radius 3 is 2.55 bits per heavy atom. The second kappa shape index (κ2) is 12.2. The van der Waals surface area contributed by atoms with E-state index in [4.69, 9.17) is 24.6 Å². The summed E-state index contributed by atoms with van der Waals surface area (Å²) in [5.74, 6) is -2.06. The number of carbonyl (C=O) groups excluding carboxylic acids is 1. The van der Waals surface area contributed by atoms with Gasteiger partial charge in [0.2, 0.25) is 0 Å². The third-order valence-corrected chi connectivity index (χ3v) is 5.95. The van der Waals surface area contributed by atoms with Crippen LogP contribution in [-0.4, -0.2) is 82.6 Å². The van der Waals surface area contributed by atoms with Gasteiger partial charge in [0, 0.05) is 36.2 Å². The second-order valence-corrected chi connectivity index (χ2v) is 9.11. The van der Waals surface area contributed by atoms with Crippen molar-refractivity contribution in [2.45, 2.75) is 44.6 Å². The molecule has 10 nitrogen and oxygen atoms in total. The van der Waals surface area contributed by atoms with E-state index in [0.29, 0.717) is 49.8 Å². The van der Waals surface area contributed by atoms with Crippen molar-refractivity contribution < 1.29 is 37.3 Å². The van der Waals surface area contributed by atoms with Gasteiger partial charge in [-0.2, -0.15) is 18.4 Å². The van der Waals surface area contributed by atoms with Gasteiger partial charge in [-0.15, -0.1) is 0 Å². The number of aromatic nitrogens is 2. The molecule has 2 aromatic heterocycles. The van der Waals surface area contributed by atoms with Crippen LogP contribution in [0.15, 0.2) is 30.5 Å². The summed E-state index contributed by atoms with van der Waals surface area (Å²) >= 11 is 0. The Labute approximate surface area is 217 Å². The lowest BCUT2D eigenvalue weighted by Crippen LogP contribution is -2.47. The number of nitrogens with one attached hydrogen (secondary N) is 1. The van der Waals surface area contributed by atoms with Crippen molar-refractivity contribution >= 4 is 17.7 Å². The quantitative estimate of drug-likeness (QED) is 0.605. The van der Waals surface area contributed by atoms with E-state index in [1.807, 2.05) is 30.9 Å². The summed E-state index contributed by atoms with van der Waals surface area (Å²) in [5, 5.41) is 19.3. The number of hydrogen-bond donors (Lipinski definition) is 2. The molecule has 0 aliphatic carbocycles. The van der Waals surface area contributed by atoms with Crippen molar-refractivity contribution in [3.8, 4) is 6.07 Å². The van der Waals surface area contributed by atoms with Gasteiger partial charge in [0.25, 0.3) is 5.91 Å². The van der Waals surface area contributed by atoms with Crippen molar-refractivity contribution in [1.29, 1.82) is 5.26 Å². The second-order valence-electron chi connectivity index (χ2n) is 9.11. The topological polar surface area (TPSA) is 138 Å². The van der Waals surface area contributed by atoms with Gasteiger partial charge < -0.3 is 24.8 Å². The first kappa shape index (κ1) is 28.8. The highest BCUT2D eigenvalue weighted by molar-refractivity contribution is 5.94. The van der Waals surface area contributed by atoms with Crippen LogP contribution in [0.3, 0.4) is 0 Å². The third kappa shape index (κ3) is 7.87. The lowest BCUT2D eigenvalue weighted by Gasteiger charge is -2.32. The first-order valence-electron chi connectivity index (χ1n) is 11.8. The summed E-state index contributed by atoms with van der Waals surface area (Å²) in [6, 6.07) is 9.25. The predicted octanol–water partition coefficient (Wildman–Crippen LogP) is 3.10. The van der Waals surface area contributed by atoms with Gasteiger partial charge in [-0.05, 0) is 51.0 Å². The van der Waals surface area contributed by atoms with E-state index < -0.39 is 17.7 Å². The maximum Gasteiger partial charge on any atom is 0.490 e. The number of nitriles is 1. The van der Waals surface area contributed by atoms with E-state index in [0.717, 1.165) is 24.2 Å². The fourth-order valence-electron chi connectivity index (χ4n) is 4.26. The molecule has 38 heavy (non-hydrogen) atoms. The zero-order valence-corrected chi connectivity index (χ0v) is 20.9. The van der Waals surface area contributed by atoms with Gasteiger partial charge in [-0.1, -0.05) is 0 Å². The normalized spacial score (nSPS) is 21.2. The van der Waals surface area contributed by atoms with Crippen LogP contribution in [0.1, 0.15) is 40.2 Å². The molecule has 2 aliphatic rings. The number of hydrogen-bond acceptors (Lipinski definition) is 8. The Bertz CT molecular complexity index is 1170. The summed E-state index contributed by atoms with van der Waals surface area (Å²) in [4.78, 5) is 32.5. The summed E-state index contributed by atoms with van der Waals surface area (Å²) in [6.45, 7) is 6.45. The number of rotatable bonds is 4. The lowest BCUT2D eigenvalue weighted by molar-refractivity contribution is -0.192. The number of ether oxygens (including phenoxy) is 2. The average Bonchev–Trinajstić information content (AvgIpc) is 3.14. The van der Waals surface area contributed by atoms with E-state index in [1.165, 1.54) is 0 Å². The highest BCUT2D eigenvalue weighted by Crippen LogP contribution is 2.33. The summed E-state index contributed by atoms with van der Waals surface area (Å²) in [5.41, 5.74) is 2.37. The molecule has 13 heteroatoms. The van der Waals surface area contributed by atoms with E-state index in [9.17, 15) is 18.0 Å². The van der Waals surface area contributed by atoms with Crippen LogP contribution >= 0.6 is 0 Å². The zero-order valence-electron chi connectivity index (χ0n) is 20.9. The number of carboxylic acids is 1. The van der Waals surface area contributed by atoms with E-state index in [1.54, 1.807) is 18.3 Å². The fraction of sp³-hybridized carbons (Fsp3) is 0.480. The molecule has 204 valence electrons. The van der Waals surface area contributed by atoms with Crippen LogP contribution in [0, 0.1) is 25.2 Å². The standard InChI is InChI=1S/C23H27N5O3.C2HF3O2/c1-16-9-19(10-17(2)27-16)22(29)28-7-8-30-15-23(14-28)6-5-20(31-23)13-26-21-4-3-18(11-24)12-25-21;3-2(4,5)1(6)7/h3-4,9-10,12,20H,5-8,13-15H2,1-2H3,(H,25,26);(H,6,7)/t20-,23-;/m0./s1. The zero-order chi connectivity index (χ0) is 27.9. The summed E-state index contributed by atoms with van der Waals surface area (Å²) in [7, 11) is 0. The number of aryl methyl sites for hydroxylation is 2. The van der Waals surface area contributed by atoms with Crippen molar-refractivity contribution in [3.05, 3.63) is 53.0 Å². The first-order chi connectivity index (χ1) is 17.9. The predicted molar refractivity (Wildman–Crippen MR) is 128 cm³/mol. The van der Waals surface area contributed by atoms with E-state index >= 15 is 0 Å². The molecule has 4 rings (SSSR count). The van der Waals surface area contributed by atoms with Gasteiger partial charge in [0.05, 0.1) is 31.4 Å². The molecule has 1 spiro atoms. The number of carboxylic acid groups (broad SMARTS) is 1. The molecule has 0 unspecified atom stereocenters. The molecular weight excluding hydrogens is 507 g/mol. The Hall–Kier alpha value is -3.76. The smallest absolute Gasteiger partial charge is 0.475 e. The number of nitrogens with zero attached hydrogens (tertiary/aromatic N) is 4. The van der Waals surface area contributed by atoms with Gasteiger partial charge in [-0.25, -0.2) is 9.78 Å². The molecule has 2 saturated heterocycles. The van der Waals surface area contributed by atoms with E-state index in [2.05, 4.69) is 21.4 Å². The third-order valence-electron chi connectivity index (χ3n) is 5.95. The average molecular weight is 536 g/mol. The van der Waals surface area contributed by atoms with Crippen molar-refractivity contribution in [3.63, 3.8) is 0 Å². The fourth-order valence-corrected chi connectivity index (χ4v) is 4.26. The molecule has 0 aromatic carbocycles. The monoisotopic (exact) mass is 535 g/mol. The molecular formula is C25H28F3N5O5. The molecule has 2 aliphatic heterocycles. The number of amides is 1. The van der Waals surface area contributed by atoms with E-state index in [-0.39, 0.29) is 12.0 Å². The number of halogens is 3.